The molecule has 0 spiro atoms. The molecule has 0 saturated heterocycles. The van der Waals surface area contributed by atoms with Gasteiger partial charge < -0.3 is 20.2 Å². The Kier molecular flexibility index (Phi) is 9.88. The van der Waals surface area contributed by atoms with Gasteiger partial charge in [0.05, 0.1) is 0 Å². The molecule has 0 aliphatic heterocycles. The van der Waals surface area contributed by atoms with Crippen LogP contribution in [0.25, 0.3) is 0 Å². The topological polar surface area (TPSA) is 72.9 Å². The summed E-state index contributed by atoms with van der Waals surface area (Å²) in [6, 6.07) is -0.0587. The first kappa shape index (κ1) is 17.7. The molecule has 0 radical (unpaired) electrons. The molecule has 0 aromatic heterocycles. The molecule has 0 heterocycles. The average molecular weight is 273 g/mol. The van der Waals surface area contributed by atoms with Gasteiger partial charge in [0.15, 0.2) is 0 Å². The van der Waals surface area contributed by atoms with E-state index < -0.39 is 5.97 Å². The van der Waals surface area contributed by atoms with E-state index in [1.807, 2.05) is 21.0 Å². The number of carbonyl (C=O) groups is 2. The van der Waals surface area contributed by atoms with Crippen LogP contribution in [0.2, 0.25) is 0 Å². The van der Waals surface area contributed by atoms with E-state index in [-0.39, 0.29) is 12.5 Å². The fourth-order valence-corrected chi connectivity index (χ4v) is 1.69. The third-order valence-corrected chi connectivity index (χ3v) is 2.80. The summed E-state index contributed by atoms with van der Waals surface area (Å²) in [5.41, 5.74) is 0. The van der Waals surface area contributed by atoms with Crippen molar-refractivity contribution in [1.82, 2.24) is 15.1 Å². The van der Waals surface area contributed by atoms with E-state index in [2.05, 4.69) is 10.2 Å². The maximum absolute atomic E-state index is 11.8. The fourth-order valence-electron chi connectivity index (χ4n) is 1.69. The van der Waals surface area contributed by atoms with Crippen LogP contribution in [0.4, 0.5) is 4.79 Å². The SMILES string of the molecule is CCN(CCCN(C)C)C(=O)NCCCCC(=O)O. The Morgan fingerprint density at radius 3 is 2.32 bits per heavy atom. The van der Waals surface area contributed by atoms with Crippen molar-refractivity contribution in [3.8, 4) is 0 Å². The first-order chi connectivity index (χ1) is 8.97. The zero-order chi connectivity index (χ0) is 14.7. The highest BCUT2D eigenvalue weighted by Crippen LogP contribution is 1.96. The van der Waals surface area contributed by atoms with Crippen LogP contribution in [-0.2, 0) is 4.79 Å². The number of carboxylic acids is 1. The fraction of sp³-hybridized carbons (Fsp3) is 0.846. The minimum atomic E-state index is -0.787. The highest BCUT2D eigenvalue weighted by molar-refractivity contribution is 5.74. The molecule has 0 atom stereocenters. The molecule has 0 rings (SSSR count). The van der Waals surface area contributed by atoms with E-state index in [1.165, 1.54) is 0 Å². The Bertz CT molecular complexity index is 270. The Morgan fingerprint density at radius 2 is 1.79 bits per heavy atom. The molecule has 0 aromatic rings. The number of hydrogen-bond acceptors (Lipinski definition) is 3. The smallest absolute Gasteiger partial charge is 0.317 e. The highest BCUT2D eigenvalue weighted by Gasteiger charge is 2.10. The Hall–Kier alpha value is -1.30. The summed E-state index contributed by atoms with van der Waals surface area (Å²) < 4.78 is 0. The van der Waals surface area contributed by atoms with Crippen molar-refractivity contribution < 1.29 is 14.7 Å². The number of aliphatic carboxylic acids is 1. The molecule has 0 saturated carbocycles. The molecular formula is C13H27N3O3. The quantitative estimate of drug-likeness (QED) is 0.587. The minimum Gasteiger partial charge on any atom is -0.481 e. The van der Waals surface area contributed by atoms with Crippen LogP contribution in [0, 0.1) is 0 Å². The second-order valence-corrected chi connectivity index (χ2v) is 4.82. The summed E-state index contributed by atoms with van der Waals surface area (Å²) in [6.07, 6.45) is 2.42. The summed E-state index contributed by atoms with van der Waals surface area (Å²) >= 11 is 0. The number of unbranched alkanes of at least 4 members (excludes halogenated alkanes) is 1. The monoisotopic (exact) mass is 273 g/mol. The number of amides is 2. The predicted molar refractivity (Wildman–Crippen MR) is 75.3 cm³/mol. The maximum atomic E-state index is 11.8. The van der Waals surface area contributed by atoms with Gasteiger partial charge in [0, 0.05) is 26.1 Å². The van der Waals surface area contributed by atoms with Gasteiger partial charge in [-0.1, -0.05) is 0 Å². The largest absolute Gasteiger partial charge is 0.481 e. The van der Waals surface area contributed by atoms with Gasteiger partial charge in [-0.25, -0.2) is 4.79 Å². The molecule has 2 N–H and O–H groups in total. The van der Waals surface area contributed by atoms with Crippen LogP contribution in [0.1, 0.15) is 32.6 Å². The van der Waals surface area contributed by atoms with Crippen LogP contribution < -0.4 is 5.32 Å². The van der Waals surface area contributed by atoms with Crippen molar-refractivity contribution in [3.05, 3.63) is 0 Å². The Labute approximate surface area is 115 Å². The molecule has 0 bridgehead atoms. The first-order valence-electron chi connectivity index (χ1n) is 6.86. The predicted octanol–water partition coefficient (Wildman–Crippen LogP) is 1.22. The van der Waals surface area contributed by atoms with Crippen molar-refractivity contribution in [2.75, 3.05) is 40.3 Å². The van der Waals surface area contributed by atoms with E-state index in [4.69, 9.17) is 5.11 Å². The van der Waals surface area contributed by atoms with Crippen LogP contribution >= 0.6 is 0 Å². The molecule has 6 heteroatoms. The third-order valence-electron chi connectivity index (χ3n) is 2.80. The lowest BCUT2D eigenvalue weighted by Crippen LogP contribution is -2.41. The molecule has 6 nitrogen and oxygen atoms in total. The molecule has 19 heavy (non-hydrogen) atoms. The molecule has 0 aliphatic carbocycles. The zero-order valence-corrected chi connectivity index (χ0v) is 12.3. The molecule has 2 amide bonds. The lowest BCUT2D eigenvalue weighted by atomic mass is 10.2. The van der Waals surface area contributed by atoms with Gasteiger partial charge >= 0.3 is 12.0 Å². The minimum absolute atomic E-state index is 0.0587. The summed E-state index contributed by atoms with van der Waals surface area (Å²) in [4.78, 5) is 26.0. The summed E-state index contributed by atoms with van der Waals surface area (Å²) in [5, 5.41) is 11.3. The van der Waals surface area contributed by atoms with Crippen molar-refractivity contribution in [2.24, 2.45) is 0 Å². The molecule has 0 aliphatic rings. The lowest BCUT2D eigenvalue weighted by molar-refractivity contribution is -0.137. The van der Waals surface area contributed by atoms with Crippen molar-refractivity contribution in [2.45, 2.75) is 32.6 Å². The van der Waals surface area contributed by atoms with Gasteiger partial charge in [-0.05, 0) is 46.8 Å². The zero-order valence-electron chi connectivity index (χ0n) is 12.3. The Balaban J connectivity index is 3.72. The van der Waals surface area contributed by atoms with E-state index >= 15 is 0 Å². The molecule has 0 aromatic carbocycles. The number of nitrogens with zero attached hydrogens (tertiary/aromatic N) is 2. The standard InChI is InChI=1S/C13H27N3O3/c1-4-16(11-7-10-15(2)3)13(19)14-9-6-5-8-12(17)18/h4-11H2,1-3H3,(H,14,19)(H,17,18). The Morgan fingerprint density at radius 1 is 1.11 bits per heavy atom. The van der Waals surface area contributed by atoms with E-state index in [0.717, 1.165) is 19.5 Å². The molecule has 0 unspecified atom stereocenters. The molecule has 112 valence electrons. The van der Waals surface area contributed by atoms with Gasteiger partial charge in [0.2, 0.25) is 0 Å². The van der Waals surface area contributed by atoms with E-state index in [1.54, 1.807) is 4.90 Å². The van der Waals surface area contributed by atoms with Gasteiger partial charge in [-0.15, -0.1) is 0 Å². The normalized spacial score (nSPS) is 10.5. The van der Waals surface area contributed by atoms with Gasteiger partial charge in [0.1, 0.15) is 0 Å². The first-order valence-corrected chi connectivity index (χ1v) is 6.86. The molecular weight excluding hydrogens is 246 g/mol. The second kappa shape index (κ2) is 10.6. The number of carboxylic acid groups (broad SMARTS) is 1. The summed E-state index contributed by atoms with van der Waals surface area (Å²) in [5.74, 6) is -0.787. The lowest BCUT2D eigenvalue weighted by Gasteiger charge is -2.22. The van der Waals surface area contributed by atoms with Gasteiger partial charge in [-0.3, -0.25) is 4.79 Å². The van der Waals surface area contributed by atoms with E-state index in [0.29, 0.717) is 25.9 Å². The third kappa shape index (κ3) is 10.3. The van der Waals surface area contributed by atoms with Gasteiger partial charge in [0.25, 0.3) is 0 Å². The maximum Gasteiger partial charge on any atom is 0.317 e. The van der Waals surface area contributed by atoms with Crippen LogP contribution in [0.15, 0.2) is 0 Å². The number of rotatable bonds is 10. The van der Waals surface area contributed by atoms with Crippen molar-refractivity contribution in [1.29, 1.82) is 0 Å². The number of urea groups is 1. The van der Waals surface area contributed by atoms with Crippen molar-refractivity contribution >= 4 is 12.0 Å². The van der Waals surface area contributed by atoms with E-state index in [9.17, 15) is 9.59 Å². The van der Waals surface area contributed by atoms with Crippen LogP contribution in [-0.4, -0.2) is 67.2 Å². The van der Waals surface area contributed by atoms with Crippen LogP contribution in [0.5, 0.6) is 0 Å². The number of carbonyl (C=O) groups excluding carboxylic acids is 1. The summed E-state index contributed by atoms with van der Waals surface area (Å²) in [7, 11) is 4.03. The van der Waals surface area contributed by atoms with Crippen molar-refractivity contribution in [3.63, 3.8) is 0 Å². The highest BCUT2D eigenvalue weighted by atomic mass is 16.4. The molecule has 0 fully saturated rings. The van der Waals surface area contributed by atoms with Crippen LogP contribution in [0.3, 0.4) is 0 Å². The van der Waals surface area contributed by atoms with Gasteiger partial charge in [-0.2, -0.15) is 0 Å². The average Bonchev–Trinajstić information content (AvgIpc) is 2.33. The second-order valence-electron chi connectivity index (χ2n) is 4.82. The summed E-state index contributed by atoms with van der Waals surface area (Å²) in [6.45, 7) is 4.89. The number of nitrogens with one attached hydrogen (secondary N) is 1. The number of hydrogen-bond donors (Lipinski definition) is 2.